The van der Waals surface area contributed by atoms with Crippen LogP contribution in [-0.4, -0.2) is 35.5 Å². The van der Waals surface area contributed by atoms with Gasteiger partial charge in [-0.2, -0.15) is 0 Å². The van der Waals surface area contributed by atoms with Gasteiger partial charge in [-0.1, -0.05) is 0 Å². The van der Waals surface area contributed by atoms with E-state index in [1.54, 1.807) is 11.0 Å². The van der Waals surface area contributed by atoms with E-state index < -0.39 is 18.1 Å². The number of benzene rings is 1. The minimum atomic E-state index is -1.24. The zero-order valence-corrected chi connectivity index (χ0v) is 15.0. The molecule has 2 atom stereocenters. The molecule has 136 valence electrons. The predicted molar refractivity (Wildman–Crippen MR) is 101 cm³/mol. The molecule has 5 nitrogen and oxygen atoms in total. The highest BCUT2D eigenvalue weighted by molar-refractivity contribution is 8.02. The van der Waals surface area contributed by atoms with E-state index in [1.807, 2.05) is 12.1 Å². The Morgan fingerprint density at radius 3 is 2.92 bits per heavy atom. The van der Waals surface area contributed by atoms with Gasteiger partial charge in [0.15, 0.2) is 0 Å². The quantitative estimate of drug-likeness (QED) is 0.591. The first-order valence-corrected chi connectivity index (χ1v) is 9.55. The van der Waals surface area contributed by atoms with Crippen LogP contribution in [0, 0.1) is 5.82 Å². The van der Waals surface area contributed by atoms with Gasteiger partial charge >= 0.3 is 0 Å². The molecule has 9 heteroatoms. The van der Waals surface area contributed by atoms with E-state index in [1.165, 1.54) is 41.6 Å². The number of aromatic amines is 1. The second-order valence-electron chi connectivity index (χ2n) is 6.01. The normalized spacial score (nSPS) is 20.0. The number of rotatable bonds is 4. The Labute approximate surface area is 155 Å². The zero-order valence-electron chi connectivity index (χ0n) is 13.4. The Morgan fingerprint density at radius 2 is 2.15 bits per heavy atom. The first kappa shape index (κ1) is 17.3. The first-order chi connectivity index (χ1) is 12.5. The number of hydrogen-bond acceptors (Lipinski definition) is 6. The highest BCUT2D eigenvalue weighted by atomic mass is 32.2. The maximum Gasteiger partial charge on any atom is 0.255 e. The van der Waals surface area contributed by atoms with E-state index in [4.69, 9.17) is 0 Å². The molecular weight excluding hydrogens is 380 g/mol. The molecule has 4 rings (SSSR count). The molecule has 0 bridgehead atoms. The van der Waals surface area contributed by atoms with Crippen LogP contribution >= 0.6 is 23.3 Å². The van der Waals surface area contributed by atoms with Crippen LogP contribution in [0.25, 0.3) is 10.8 Å². The van der Waals surface area contributed by atoms with Crippen LogP contribution in [0.15, 0.2) is 45.5 Å². The van der Waals surface area contributed by atoms with Crippen LogP contribution in [-0.2, 0) is 0 Å². The van der Waals surface area contributed by atoms with Crippen molar-refractivity contribution in [1.82, 2.24) is 4.98 Å². The predicted octanol–water partition coefficient (Wildman–Crippen LogP) is 3.37. The van der Waals surface area contributed by atoms with Crippen molar-refractivity contribution in [3.63, 3.8) is 0 Å². The van der Waals surface area contributed by atoms with E-state index in [-0.39, 0.29) is 24.3 Å². The Bertz CT molecular complexity index is 997. The summed E-state index contributed by atoms with van der Waals surface area (Å²) >= 11 is 2.64. The molecule has 1 saturated heterocycles. The van der Waals surface area contributed by atoms with Crippen molar-refractivity contribution in [3.05, 3.63) is 52.7 Å². The average molecular weight is 395 g/mol. The monoisotopic (exact) mass is 395 g/mol. The fourth-order valence-electron chi connectivity index (χ4n) is 2.85. The summed E-state index contributed by atoms with van der Waals surface area (Å²) in [6, 6.07) is 8.14. The SMILES string of the molecule is O=c1[nH]ccc2cc(F)c(NSc3ccc(N4CC(O)C(F)C4)s3)cc12. The van der Waals surface area contributed by atoms with E-state index in [9.17, 15) is 18.7 Å². The number of nitrogens with one attached hydrogen (secondary N) is 2. The van der Waals surface area contributed by atoms with Crippen molar-refractivity contribution in [3.8, 4) is 0 Å². The lowest BCUT2D eigenvalue weighted by atomic mass is 10.1. The summed E-state index contributed by atoms with van der Waals surface area (Å²) in [5, 5.41) is 11.3. The average Bonchev–Trinajstić information content (AvgIpc) is 3.21. The molecule has 0 aliphatic carbocycles. The zero-order chi connectivity index (χ0) is 18.3. The third-order valence-corrected chi connectivity index (χ3v) is 6.32. The molecule has 0 amide bonds. The summed E-state index contributed by atoms with van der Waals surface area (Å²) in [5.74, 6) is -0.449. The molecule has 26 heavy (non-hydrogen) atoms. The number of β-amino-alcohol motifs (C(OH)–C–C–N with tert-alkyl or cyclic N) is 1. The van der Waals surface area contributed by atoms with Gasteiger partial charge in [-0.05, 0) is 47.7 Å². The number of pyridine rings is 1. The van der Waals surface area contributed by atoms with Gasteiger partial charge in [0, 0.05) is 18.1 Å². The molecule has 1 fully saturated rings. The van der Waals surface area contributed by atoms with Crippen LogP contribution in [0.4, 0.5) is 19.5 Å². The van der Waals surface area contributed by atoms with Gasteiger partial charge in [0.1, 0.15) is 18.1 Å². The van der Waals surface area contributed by atoms with Crippen molar-refractivity contribution >= 4 is 44.7 Å². The fourth-order valence-corrected chi connectivity index (χ4v) is 4.66. The molecule has 3 heterocycles. The number of anilines is 2. The number of aliphatic hydroxyl groups is 1. The van der Waals surface area contributed by atoms with Crippen molar-refractivity contribution < 1.29 is 13.9 Å². The van der Waals surface area contributed by atoms with Crippen LogP contribution in [0.5, 0.6) is 0 Å². The number of thiophene rings is 1. The van der Waals surface area contributed by atoms with Crippen LogP contribution in [0.1, 0.15) is 0 Å². The molecule has 2 unspecified atom stereocenters. The highest BCUT2D eigenvalue weighted by Gasteiger charge is 2.31. The molecule has 1 aliphatic rings. The van der Waals surface area contributed by atoms with Crippen LogP contribution in [0.3, 0.4) is 0 Å². The second kappa shape index (κ2) is 6.90. The summed E-state index contributed by atoms with van der Waals surface area (Å²) in [5.41, 5.74) is -0.0584. The maximum absolute atomic E-state index is 14.2. The molecule has 0 spiro atoms. The Balaban J connectivity index is 1.50. The number of hydrogen-bond donors (Lipinski definition) is 3. The lowest BCUT2D eigenvalue weighted by molar-refractivity contribution is 0.118. The maximum atomic E-state index is 14.2. The topological polar surface area (TPSA) is 68.4 Å². The van der Waals surface area contributed by atoms with Gasteiger partial charge in [0.25, 0.3) is 5.56 Å². The smallest absolute Gasteiger partial charge is 0.255 e. The van der Waals surface area contributed by atoms with E-state index >= 15 is 0 Å². The molecule has 0 saturated carbocycles. The lowest BCUT2D eigenvalue weighted by Crippen LogP contribution is -2.19. The molecule has 1 aromatic carbocycles. The van der Waals surface area contributed by atoms with E-state index in [0.717, 1.165) is 9.21 Å². The van der Waals surface area contributed by atoms with E-state index in [2.05, 4.69) is 9.71 Å². The van der Waals surface area contributed by atoms with Crippen LogP contribution in [0.2, 0.25) is 0 Å². The number of alkyl halides is 1. The first-order valence-electron chi connectivity index (χ1n) is 7.92. The summed E-state index contributed by atoms with van der Waals surface area (Å²) in [6.07, 6.45) is -0.719. The minimum absolute atomic E-state index is 0.168. The molecular formula is C17H15F2N3O2S2. The minimum Gasteiger partial charge on any atom is -0.388 e. The molecule has 0 radical (unpaired) electrons. The largest absolute Gasteiger partial charge is 0.388 e. The number of aromatic nitrogens is 1. The van der Waals surface area contributed by atoms with Crippen molar-refractivity contribution in [2.45, 2.75) is 16.5 Å². The van der Waals surface area contributed by atoms with Gasteiger partial charge in [-0.25, -0.2) is 8.78 Å². The standard InChI is InChI=1S/C17H15F2N3O2S2/c18-11-5-9-3-4-20-17(24)10(9)6-13(11)21-26-16-2-1-15(25-16)22-7-12(19)14(23)8-22/h1-6,12,14,21,23H,7-8H2,(H,20,24). The van der Waals surface area contributed by atoms with Gasteiger partial charge in [0.2, 0.25) is 0 Å². The Hall–Kier alpha value is -2.10. The van der Waals surface area contributed by atoms with Crippen molar-refractivity contribution in [1.29, 1.82) is 0 Å². The molecule has 2 aromatic heterocycles. The number of H-pyrrole nitrogens is 1. The number of fused-ring (bicyclic) bond motifs is 1. The van der Waals surface area contributed by atoms with Gasteiger partial charge in [-0.3, -0.25) is 4.79 Å². The lowest BCUT2D eigenvalue weighted by Gasteiger charge is -2.14. The van der Waals surface area contributed by atoms with E-state index in [0.29, 0.717) is 10.8 Å². The number of aliphatic hydroxyl groups excluding tert-OH is 1. The second-order valence-corrected chi connectivity index (χ2v) is 8.18. The van der Waals surface area contributed by atoms with Gasteiger partial charge in [-0.15, -0.1) is 11.3 Å². The summed E-state index contributed by atoms with van der Waals surface area (Å²) < 4.78 is 31.5. The summed E-state index contributed by atoms with van der Waals surface area (Å²) in [6.45, 7) is 0.433. The van der Waals surface area contributed by atoms with Crippen molar-refractivity contribution in [2.24, 2.45) is 0 Å². The Kier molecular flexibility index (Phi) is 4.60. The number of halogens is 2. The summed E-state index contributed by atoms with van der Waals surface area (Å²) in [7, 11) is 0. The third-order valence-electron chi connectivity index (χ3n) is 4.22. The number of nitrogens with zero attached hydrogens (tertiary/aromatic N) is 1. The molecule has 3 aromatic rings. The fraction of sp³-hybridized carbons (Fsp3) is 0.235. The van der Waals surface area contributed by atoms with Crippen LogP contribution < -0.4 is 15.2 Å². The molecule has 1 aliphatic heterocycles. The highest BCUT2D eigenvalue weighted by Crippen LogP contribution is 2.36. The van der Waals surface area contributed by atoms with Crippen molar-refractivity contribution in [2.75, 3.05) is 22.7 Å². The van der Waals surface area contributed by atoms with Gasteiger partial charge in [0.05, 0.1) is 21.4 Å². The molecule has 3 N–H and O–H groups in total. The third kappa shape index (κ3) is 3.29. The summed E-state index contributed by atoms with van der Waals surface area (Å²) in [4.78, 5) is 16.2. The Morgan fingerprint density at radius 1 is 1.31 bits per heavy atom. The van der Waals surface area contributed by atoms with Gasteiger partial charge < -0.3 is 19.7 Å².